The van der Waals surface area contributed by atoms with E-state index < -0.39 is 0 Å². The van der Waals surface area contributed by atoms with Gasteiger partial charge in [-0.1, -0.05) is 13.8 Å². The van der Waals surface area contributed by atoms with Gasteiger partial charge in [0, 0.05) is 13.1 Å². The van der Waals surface area contributed by atoms with E-state index in [1.54, 1.807) is 4.90 Å². The lowest BCUT2D eigenvalue weighted by molar-refractivity contribution is -0.129. The monoisotopic (exact) mass is 153 g/mol. The zero-order valence-corrected chi connectivity index (χ0v) is 7.63. The molecule has 0 aromatic rings. The van der Waals surface area contributed by atoms with Crippen LogP contribution in [0.25, 0.3) is 0 Å². The smallest absolute Gasteiger partial charge is 0.213 e. The predicted octanol–water partition coefficient (Wildman–Crippen LogP) is 1.08. The molecule has 62 valence electrons. The van der Waals surface area contributed by atoms with Gasteiger partial charge in [-0.3, -0.25) is 4.79 Å². The van der Waals surface area contributed by atoms with Crippen molar-refractivity contribution in [3.8, 4) is 0 Å². The molecule has 1 amide bonds. The van der Waals surface area contributed by atoms with Gasteiger partial charge in [0.25, 0.3) is 0 Å². The molecule has 0 unspecified atom stereocenters. The molecule has 0 aliphatic rings. The van der Waals surface area contributed by atoms with Crippen molar-refractivity contribution in [3.05, 3.63) is 0 Å². The average molecular weight is 153 g/mol. The van der Waals surface area contributed by atoms with Crippen LogP contribution in [0.4, 0.5) is 0 Å². The lowest BCUT2D eigenvalue weighted by atomic mass is 10.0. The van der Waals surface area contributed by atoms with Crippen molar-refractivity contribution in [1.82, 2.24) is 4.90 Å². The van der Waals surface area contributed by atoms with Crippen molar-refractivity contribution in [2.75, 3.05) is 13.1 Å². The van der Waals surface area contributed by atoms with E-state index in [0.717, 1.165) is 13.1 Å². The maximum atomic E-state index is 11.1. The third-order valence-electron chi connectivity index (χ3n) is 1.49. The summed E-state index contributed by atoms with van der Waals surface area (Å²) in [5, 5.41) is 0. The van der Waals surface area contributed by atoms with Crippen LogP contribution in [0.1, 0.15) is 20.8 Å². The third kappa shape index (κ3) is 4.07. The molecular weight excluding hydrogens is 137 g/mol. The highest BCUT2D eigenvalue weighted by molar-refractivity contribution is 6.19. The van der Waals surface area contributed by atoms with E-state index in [1.807, 2.05) is 6.92 Å². The van der Waals surface area contributed by atoms with Crippen LogP contribution in [-0.2, 0) is 4.79 Å². The van der Waals surface area contributed by atoms with Crippen molar-refractivity contribution in [1.29, 1.82) is 0 Å². The summed E-state index contributed by atoms with van der Waals surface area (Å²) in [7, 11) is 5.23. The third-order valence-corrected chi connectivity index (χ3v) is 1.49. The second-order valence-electron chi connectivity index (χ2n) is 3.03. The van der Waals surface area contributed by atoms with Gasteiger partial charge in [-0.05, 0) is 19.2 Å². The molecule has 0 aromatic heterocycles. The summed E-state index contributed by atoms with van der Waals surface area (Å²) >= 11 is 0. The molecule has 2 radical (unpaired) electrons. The molecule has 0 rings (SSSR count). The Hall–Kier alpha value is -0.465. The van der Waals surface area contributed by atoms with Crippen molar-refractivity contribution < 1.29 is 4.79 Å². The van der Waals surface area contributed by atoms with Gasteiger partial charge >= 0.3 is 0 Å². The first-order chi connectivity index (χ1) is 5.11. The highest BCUT2D eigenvalue weighted by atomic mass is 16.2. The molecule has 0 heterocycles. The summed E-state index contributed by atoms with van der Waals surface area (Å²) in [6, 6.07) is 0. The molecule has 0 aromatic carbocycles. The van der Waals surface area contributed by atoms with E-state index in [1.165, 1.54) is 0 Å². The molecular formula is C8H16BNO. The maximum absolute atomic E-state index is 11.1. The predicted molar refractivity (Wildman–Crippen MR) is 47.7 cm³/mol. The quantitative estimate of drug-likeness (QED) is 0.553. The van der Waals surface area contributed by atoms with Crippen molar-refractivity contribution >= 4 is 13.8 Å². The fourth-order valence-corrected chi connectivity index (χ4v) is 0.977. The van der Waals surface area contributed by atoms with E-state index in [0.29, 0.717) is 5.92 Å². The molecule has 0 saturated carbocycles. The summed E-state index contributed by atoms with van der Waals surface area (Å²) in [4.78, 5) is 12.9. The molecule has 3 heteroatoms. The molecule has 0 aliphatic heterocycles. The lowest BCUT2D eigenvalue weighted by Crippen LogP contribution is -2.33. The molecule has 0 saturated heterocycles. The number of hydrogen-bond acceptors (Lipinski definition) is 1. The van der Waals surface area contributed by atoms with Gasteiger partial charge in [0.15, 0.2) is 0 Å². The van der Waals surface area contributed by atoms with Crippen LogP contribution in [0.3, 0.4) is 0 Å². The minimum absolute atomic E-state index is 0.0428. The first kappa shape index (κ1) is 10.5. The topological polar surface area (TPSA) is 20.3 Å². The minimum Gasteiger partial charge on any atom is -0.343 e. The average Bonchev–Trinajstić information content (AvgIpc) is 1.98. The van der Waals surface area contributed by atoms with Gasteiger partial charge in [0.2, 0.25) is 5.91 Å². The van der Waals surface area contributed by atoms with Crippen LogP contribution < -0.4 is 0 Å². The number of carbonyl (C=O) groups is 1. The molecule has 11 heavy (non-hydrogen) atoms. The second kappa shape index (κ2) is 5.22. The number of nitrogens with zero attached hydrogens (tertiary/aromatic N) is 1. The van der Waals surface area contributed by atoms with Crippen LogP contribution in [0, 0.1) is 5.92 Å². The van der Waals surface area contributed by atoms with Gasteiger partial charge in [-0.25, -0.2) is 0 Å². The Bertz CT molecular complexity index is 125. The van der Waals surface area contributed by atoms with Crippen molar-refractivity contribution in [2.45, 2.75) is 27.1 Å². The van der Waals surface area contributed by atoms with Crippen molar-refractivity contribution in [2.24, 2.45) is 5.92 Å². The fourth-order valence-electron chi connectivity index (χ4n) is 0.977. The van der Waals surface area contributed by atoms with Crippen LogP contribution >= 0.6 is 0 Å². The van der Waals surface area contributed by atoms with E-state index in [2.05, 4.69) is 13.8 Å². The van der Waals surface area contributed by atoms with Gasteiger partial charge in [0.1, 0.15) is 0 Å². The Kier molecular flexibility index (Phi) is 5.00. The van der Waals surface area contributed by atoms with Gasteiger partial charge in [-0.15, -0.1) is 0 Å². The lowest BCUT2D eigenvalue weighted by Gasteiger charge is -2.22. The summed E-state index contributed by atoms with van der Waals surface area (Å²) in [5.74, 6) is 0.562. The normalized spacial score (nSPS) is 10.2. The molecule has 0 spiro atoms. The van der Waals surface area contributed by atoms with E-state index in [-0.39, 0.29) is 12.2 Å². The van der Waals surface area contributed by atoms with Crippen LogP contribution in [0.15, 0.2) is 0 Å². The molecule has 0 fully saturated rings. The first-order valence-electron chi connectivity index (χ1n) is 4.09. The summed E-state index contributed by atoms with van der Waals surface area (Å²) < 4.78 is 0. The molecule has 0 N–H and O–H groups in total. The van der Waals surface area contributed by atoms with Crippen molar-refractivity contribution in [3.63, 3.8) is 0 Å². The SMILES string of the molecule is [B]CC(=O)N(CC)CC(C)C. The molecule has 0 bridgehead atoms. The zero-order valence-electron chi connectivity index (χ0n) is 7.63. The largest absolute Gasteiger partial charge is 0.343 e. The first-order valence-corrected chi connectivity index (χ1v) is 4.09. The van der Waals surface area contributed by atoms with Gasteiger partial charge in [-0.2, -0.15) is 0 Å². The summed E-state index contributed by atoms with van der Waals surface area (Å²) in [6.07, 6.45) is 0.126. The molecule has 2 nitrogen and oxygen atoms in total. The Labute approximate surface area is 70.4 Å². The highest BCUT2D eigenvalue weighted by Crippen LogP contribution is 1.99. The standard InChI is InChI=1S/C8H16BNO/c1-4-10(6-7(2)3)8(11)5-9/h7H,4-6H2,1-3H3. The fraction of sp³-hybridized carbons (Fsp3) is 0.875. The van der Waals surface area contributed by atoms with Crippen LogP contribution in [0.5, 0.6) is 0 Å². The second-order valence-corrected chi connectivity index (χ2v) is 3.03. The Morgan fingerprint density at radius 2 is 2.09 bits per heavy atom. The Morgan fingerprint density at radius 3 is 2.36 bits per heavy atom. The van der Waals surface area contributed by atoms with E-state index in [4.69, 9.17) is 7.85 Å². The summed E-state index contributed by atoms with van der Waals surface area (Å²) in [6.45, 7) is 7.72. The minimum atomic E-state index is 0.0428. The van der Waals surface area contributed by atoms with Gasteiger partial charge < -0.3 is 4.90 Å². The zero-order chi connectivity index (χ0) is 8.85. The maximum Gasteiger partial charge on any atom is 0.213 e. The Morgan fingerprint density at radius 1 is 1.55 bits per heavy atom. The molecule has 0 atom stereocenters. The molecule has 0 aliphatic carbocycles. The number of carbonyl (C=O) groups excluding carboxylic acids is 1. The highest BCUT2D eigenvalue weighted by Gasteiger charge is 2.09. The van der Waals surface area contributed by atoms with Gasteiger partial charge in [0.05, 0.1) is 7.85 Å². The Balaban J connectivity index is 3.84. The number of rotatable bonds is 4. The van der Waals surface area contributed by atoms with E-state index >= 15 is 0 Å². The van der Waals surface area contributed by atoms with E-state index in [9.17, 15) is 4.79 Å². The van der Waals surface area contributed by atoms with Crippen LogP contribution in [0.2, 0.25) is 6.32 Å². The number of amides is 1. The van der Waals surface area contributed by atoms with Crippen LogP contribution in [-0.4, -0.2) is 31.7 Å². The number of hydrogen-bond donors (Lipinski definition) is 0. The summed E-state index contributed by atoms with van der Waals surface area (Å²) in [5.41, 5.74) is 0.